The summed E-state index contributed by atoms with van der Waals surface area (Å²) in [7, 11) is 0. The SMILES string of the molecule is CSc1ncc(CCN)c(Cl)n1. The molecule has 0 spiro atoms. The van der Waals surface area contributed by atoms with Gasteiger partial charge in [0.25, 0.3) is 0 Å². The first-order valence-corrected chi connectivity index (χ1v) is 5.13. The lowest BCUT2D eigenvalue weighted by molar-refractivity contribution is 0.892. The highest BCUT2D eigenvalue weighted by Gasteiger charge is 2.02. The van der Waals surface area contributed by atoms with E-state index in [1.807, 2.05) is 6.26 Å². The number of halogens is 1. The Balaban J connectivity index is 2.87. The largest absolute Gasteiger partial charge is 0.330 e. The van der Waals surface area contributed by atoms with Crippen LogP contribution in [0, 0.1) is 0 Å². The molecule has 1 aromatic heterocycles. The van der Waals surface area contributed by atoms with Crippen LogP contribution in [-0.2, 0) is 6.42 Å². The second-order valence-electron chi connectivity index (χ2n) is 2.21. The standard InChI is InChI=1S/C7H10ClN3S/c1-12-7-10-4-5(2-3-9)6(8)11-7/h4H,2-3,9H2,1H3. The van der Waals surface area contributed by atoms with Gasteiger partial charge in [0.1, 0.15) is 5.15 Å². The van der Waals surface area contributed by atoms with Gasteiger partial charge in [-0.3, -0.25) is 0 Å². The van der Waals surface area contributed by atoms with Crippen LogP contribution in [0.5, 0.6) is 0 Å². The summed E-state index contributed by atoms with van der Waals surface area (Å²) in [6, 6.07) is 0. The molecule has 12 heavy (non-hydrogen) atoms. The van der Waals surface area contributed by atoms with Crippen molar-refractivity contribution in [2.24, 2.45) is 5.73 Å². The van der Waals surface area contributed by atoms with Crippen LogP contribution < -0.4 is 5.73 Å². The van der Waals surface area contributed by atoms with Crippen molar-refractivity contribution in [3.8, 4) is 0 Å². The fourth-order valence-electron chi connectivity index (χ4n) is 0.793. The van der Waals surface area contributed by atoms with Crippen LogP contribution in [0.1, 0.15) is 5.56 Å². The van der Waals surface area contributed by atoms with Gasteiger partial charge in [-0.1, -0.05) is 23.4 Å². The third kappa shape index (κ3) is 2.33. The fourth-order valence-corrected chi connectivity index (χ4v) is 1.41. The molecule has 66 valence electrons. The lowest BCUT2D eigenvalue weighted by Crippen LogP contribution is -2.04. The highest BCUT2D eigenvalue weighted by atomic mass is 35.5. The van der Waals surface area contributed by atoms with Crippen LogP contribution in [0.15, 0.2) is 11.4 Å². The number of rotatable bonds is 3. The zero-order valence-electron chi connectivity index (χ0n) is 6.75. The molecule has 0 atom stereocenters. The Morgan fingerprint density at radius 3 is 2.92 bits per heavy atom. The molecule has 1 aromatic rings. The summed E-state index contributed by atoms with van der Waals surface area (Å²) in [5, 5.41) is 1.21. The maximum Gasteiger partial charge on any atom is 0.188 e. The van der Waals surface area contributed by atoms with Gasteiger partial charge in [-0.2, -0.15) is 0 Å². The van der Waals surface area contributed by atoms with Crippen molar-refractivity contribution in [2.75, 3.05) is 12.8 Å². The third-order valence-corrected chi connectivity index (χ3v) is 2.27. The average Bonchev–Trinajstić information content (AvgIpc) is 2.09. The summed E-state index contributed by atoms with van der Waals surface area (Å²) >= 11 is 7.34. The van der Waals surface area contributed by atoms with Crippen molar-refractivity contribution in [3.05, 3.63) is 16.9 Å². The lowest BCUT2D eigenvalue weighted by Gasteiger charge is -2.01. The Kier molecular flexibility index (Phi) is 3.78. The number of nitrogens with zero attached hydrogens (tertiary/aromatic N) is 2. The van der Waals surface area contributed by atoms with E-state index in [1.54, 1.807) is 6.20 Å². The average molecular weight is 204 g/mol. The van der Waals surface area contributed by atoms with Crippen LogP contribution in [0.25, 0.3) is 0 Å². The molecule has 2 N–H and O–H groups in total. The molecule has 0 amide bonds. The van der Waals surface area contributed by atoms with Crippen LogP contribution >= 0.6 is 23.4 Å². The first kappa shape index (κ1) is 9.77. The van der Waals surface area contributed by atoms with E-state index in [4.69, 9.17) is 17.3 Å². The summed E-state index contributed by atoms with van der Waals surface area (Å²) in [6.45, 7) is 0.571. The predicted molar refractivity (Wildman–Crippen MR) is 51.6 cm³/mol. The predicted octanol–water partition coefficient (Wildman–Crippen LogP) is 1.35. The molecule has 0 aliphatic rings. The molecular formula is C7H10ClN3S. The number of nitrogens with two attached hydrogens (primary N) is 1. The molecule has 5 heteroatoms. The zero-order valence-corrected chi connectivity index (χ0v) is 8.32. The van der Waals surface area contributed by atoms with Gasteiger partial charge in [0, 0.05) is 11.8 Å². The van der Waals surface area contributed by atoms with Gasteiger partial charge in [-0.05, 0) is 19.2 Å². The maximum absolute atomic E-state index is 5.87. The fraction of sp³-hybridized carbons (Fsp3) is 0.429. The molecule has 0 saturated heterocycles. The third-order valence-electron chi connectivity index (χ3n) is 1.39. The molecule has 0 saturated carbocycles. The van der Waals surface area contributed by atoms with Crippen molar-refractivity contribution in [2.45, 2.75) is 11.6 Å². The Morgan fingerprint density at radius 1 is 1.67 bits per heavy atom. The second-order valence-corrected chi connectivity index (χ2v) is 3.34. The highest BCUT2D eigenvalue weighted by molar-refractivity contribution is 7.98. The van der Waals surface area contributed by atoms with Gasteiger partial charge in [-0.25, -0.2) is 9.97 Å². The van der Waals surface area contributed by atoms with Crippen LogP contribution in [0.4, 0.5) is 0 Å². The van der Waals surface area contributed by atoms with Gasteiger partial charge in [0.15, 0.2) is 5.16 Å². The minimum atomic E-state index is 0.514. The Morgan fingerprint density at radius 2 is 2.42 bits per heavy atom. The van der Waals surface area contributed by atoms with Gasteiger partial charge in [0.2, 0.25) is 0 Å². The lowest BCUT2D eigenvalue weighted by atomic mass is 10.2. The van der Waals surface area contributed by atoms with Crippen LogP contribution in [0.3, 0.4) is 0 Å². The minimum absolute atomic E-state index is 0.514. The van der Waals surface area contributed by atoms with E-state index in [1.165, 1.54) is 11.8 Å². The number of aromatic nitrogens is 2. The molecule has 0 aliphatic carbocycles. The van der Waals surface area contributed by atoms with Crippen LogP contribution in [0.2, 0.25) is 5.15 Å². The smallest absolute Gasteiger partial charge is 0.188 e. The van der Waals surface area contributed by atoms with Gasteiger partial charge < -0.3 is 5.73 Å². The quantitative estimate of drug-likeness (QED) is 0.458. The summed E-state index contributed by atoms with van der Waals surface area (Å²) in [5.41, 5.74) is 6.29. The van der Waals surface area contributed by atoms with E-state index >= 15 is 0 Å². The zero-order chi connectivity index (χ0) is 8.97. The van der Waals surface area contributed by atoms with E-state index in [0.29, 0.717) is 16.9 Å². The monoisotopic (exact) mass is 203 g/mol. The summed E-state index contributed by atoms with van der Waals surface area (Å²) in [4.78, 5) is 8.16. The first-order chi connectivity index (χ1) is 5.77. The molecule has 1 rings (SSSR count). The van der Waals surface area contributed by atoms with Gasteiger partial charge >= 0.3 is 0 Å². The molecule has 1 heterocycles. The number of hydrogen-bond acceptors (Lipinski definition) is 4. The van der Waals surface area contributed by atoms with Crippen molar-refractivity contribution < 1.29 is 0 Å². The molecular weight excluding hydrogens is 194 g/mol. The molecule has 0 bridgehead atoms. The Hall–Kier alpha value is -0.320. The number of thioether (sulfide) groups is 1. The topological polar surface area (TPSA) is 51.8 Å². The minimum Gasteiger partial charge on any atom is -0.330 e. The summed E-state index contributed by atoms with van der Waals surface area (Å²) in [6.07, 6.45) is 4.37. The van der Waals surface area contributed by atoms with E-state index in [0.717, 1.165) is 12.0 Å². The second kappa shape index (κ2) is 4.64. The molecule has 0 unspecified atom stereocenters. The Bertz CT molecular complexity index is 267. The van der Waals surface area contributed by atoms with Crippen molar-refractivity contribution >= 4 is 23.4 Å². The molecule has 0 fully saturated rings. The molecule has 0 radical (unpaired) electrons. The van der Waals surface area contributed by atoms with Crippen LogP contribution in [-0.4, -0.2) is 22.8 Å². The molecule has 0 aromatic carbocycles. The van der Waals surface area contributed by atoms with Crippen molar-refractivity contribution in [3.63, 3.8) is 0 Å². The van der Waals surface area contributed by atoms with Gasteiger partial charge in [-0.15, -0.1) is 0 Å². The number of hydrogen-bond donors (Lipinski definition) is 1. The maximum atomic E-state index is 5.87. The Labute approximate surface area is 80.7 Å². The molecule has 0 aliphatic heterocycles. The van der Waals surface area contributed by atoms with E-state index < -0.39 is 0 Å². The summed E-state index contributed by atoms with van der Waals surface area (Å²) < 4.78 is 0. The van der Waals surface area contributed by atoms with E-state index in [-0.39, 0.29) is 0 Å². The van der Waals surface area contributed by atoms with Crippen molar-refractivity contribution in [1.82, 2.24) is 9.97 Å². The summed E-state index contributed by atoms with van der Waals surface area (Å²) in [5.74, 6) is 0. The first-order valence-electron chi connectivity index (χ1n) is 3.53. The van der Waals surface area contributed by atoms with Crippen molar-refractivity contribution in [1.29, 1.82) is 0 Å². The van der Waals surface area contributed by atoms with E-state index in [2.05, 4.69) is 9.97 Å². The highest BCUT2D eigenvalue weighted by Crippen LogP contribution is 2.16. The normalized spacial score (nSPS) is 10.2. The van der Waals surface area contributed by atoms with Gasteiger partial charge in [0.05, 0.1) is 0 Å². The van der Waals surface area contributed by atoms with E-state index in [9.17, 15) is 0 Å². The molecule has 3 nitrogen and oxygen atoms in total.